The van der Waals surface area contributed by atoms with E-state index in [9.17, 15) is 19.5 Å². The standard InChI is InChI=1S/C22H29FO4/c1-11-19(26)18(25)10-16-17(23)9-13-14-6-8-22(27,12(2)24)20(14,3)7-5-15(13)21(11,16)4/h10-11,13-15,17,27H,5-9H2,1-4H3/t11?,13-,14-,15-,17?,20-,21+,22-/m0/s1. The van der Waals surface area contributed by atoms with E-state index in [0.717, 1.165) is 6.42 Å². The van der Waals surface area contributed by atoms with Crippen LogP contribution in [0.15, 0.2) is 11.6 Å². The number of ketones is 3. The molecule has 8 atom stereocenters. The van der Waals surface area contributed by atoms with Crippen molar-refractivity contribution in [2.24, 2.45) is 34.5 Å². The molecular weight excluding hydrogens is 347 g/mol. The van der Waals surface area contributed by atoms with Gasteiger partial charge in [0.25, 0.3) is 0 Å². The number of hydrogen-bond acceptors (Lipinski definition) is 4. The molecule has 0 aromatic rings. The van der Waals surface area contributed by atoms with Crippen molar-refractivity contribution in [2.75, 3.05) is 0 Å². The Morgan fingerprint density at radius 1 is 1.19 bits per heavy atom. The Bertz CT molecular complexity index is 772. The predicted octanol–water partition coefficient (Wildman–Crippen LogP) is 3.21. The van der Waals surface area contributed by atoms with Gasteiger partial charge in [-0.1, -0.05) is 20.8 Å². The zero-order valence-corrected chi connectivity index (χ0v) is 16.5. The molecule has 0 aromatic carbocycles. The minimum atomic E-state index is -1.34. The number of halogens is 1. The molecule has 0 saturated heterocycles. The van der Waals surface area contributed by atoms with Crippen LogP contribution in [0.3, 0.4) is 0 Å². The summed E-state index contributed by atoms with van der Waals surface area (Å²) < 4.78 is 15.3. The van der Waals surface area contributed by atoms with Crippen molar-refractivity contribution in [2.45, 2.75) is 71.6 Å². The third kappa shape index (κ3) is 2.10. The maximum Gasteiger partial charge on any atom is 0.221 e. The normalized spacial score (nSPS) is 51.9. The van der Waals surface area contributed by atoms with Gasteiger partial charge in [0, 0.05) is 16.7 Å². The van der Waals surface area contributed by atoms with Crippen LogP contribution in [0.5, 0.6) is 0 Å². The second-order valence-corrected chi connectivity index (χ2v) is 9.82. The van der Waals surface area contributed by atoms with Gasteiger partial charge in [0.05, 0.1) is 0 Å². The molecular formula is C22H29FO4. The second-order valence-electron chi connectivity index (χ2n) is 9.82. The molecule has 4 aliphatic carbocycles. The Hall–Kier alpha value is -1.36. The average molecular weight is 376 g/mol. The first-order valence-electron chi connectivity index (χ1n) is 10.2. The number of carbonyl (C=O) groups excluding carboxylic acids is 3. The van der Waals surface area contributed by atoms with Crippen molar-refractivity contribution in [1.82, 2.24) is 0 Å². The zero-order chi connectivity index (χ0) is 19.9. The van der Waals surface area contributed by atoms with E-state index < -0.39 is 40.1 Å². The van der Waals surface area contributed by atoms with E-state index >= 15 is 4.39 Å². The van der Waals surface area contributed by atoms with Gasteiger partial charge in [-0.05, 0) is 68.4 Å². The number of fused-ring (bicyclic) bond motifs is 5. The van der Waals surface area contributed by atoms with Gasteiger partial charge in [-0.3, -0.25) is 14.4 Å². The molecule has 0 bridgehead atoms. The topological polar surface area (TPSA) is 71.4 Å². The van der Waals surface area contributed by atoms with E-state index in [0.29, 0.717) is 31.3 Å². The maximum atomic E-state index is 15.3. The van der Waals surface area contributed by atoms with E-state index in [2.05, 4.69) is 0 Å². The Balaban J connectivity index is 1.79. The van der Waals surface area contributed by atoms with Crippen LogP contribution in [0.1, 0.15) is 59.8 Å². The molecule has 0 radical (unpaired) electrons. The van der Waals surface area contributed by atoms with E-state index in [-0.39, 0.29) is 23.5 Å². The van der Waals surface area contributed by atoms with Crippen LogP contribution < -0.4 is 0 Å². The minimum absolute atomic E-state index is 0.0118. The molecule has 0 amide bonds. The lowest BCUT2D eigenvalue weighted by Gasteiger charge is -2.60. The summed E-state index contributed by atoms with van der Waals surface area (Å²) in [5.74, 6) is -1.57. The summed E-state index contributed by atoms with van der Waals surface area (Å²) in [6, 6.07) is 0. The quantitative estimate of drug-likeness (QED) is 0.714. The number of carbonyl (C=O) groups is 3. The number of hydrogen-bond donors (Lipinski definition) is 1. The van der Waals surface area contributed by atoms with Crippen LogP contribution in [0.25, 0.3) is 0 Å². The van der Waals surface area contributed by atoms with Crippen molar-refractivity contribution in [3.63, 3.8) is 0 Å². The fraction of sp³-hybridized carbons (Fsp3) is 0.773. The van der Waals surface area contributed by atoms with Crippen LogP contribution >= 0.6 is 0 Å². The number of rotatable bonds is 1. The molecule has 0 aliphatic heterocycles. The first-order chi connectivity index (χ1) is 12.5. The highest BCUT2D eigenvalue weighted by molar-refractivity contribution is 6.43. The number of aliphatic hydroxyl groups is 1. The van der Waals surface area contributed by atoms with Gasteiger partial charge in [0.1, 0.15) is 11.8 Å². The van der Waals surface area contributed by atoms with Crippen LogP contribution in [0.2, 0.25) is 0 Å². The molecule has 2 unspecified atom stereocenters. The molecule has 0 heterocycles. The first kappa shape index (κ1) is 19.0. The van der Waals surface area contributed by atoms with E-state index in [4.69, 9.17) is 0 Å². The van der Waals surface area contributed by atoms with Gasteiger partial charge >= 0.3 is 0 Å². The highest BCUT2D eigenvalue weighted by Gasteiger charge is 2.67. The Labute approximate surface area is 159 Å². The molecule has 0 spiro atoms. The van der Waals surface area contributed by atoms with E-state index in [1.54, 1.807) is 6.92 Å². The molecule has 3 fully saturated rings. The average Bonchev–Trinajstić information content (AvgIpc) is 2.89. The van der Waals surface area contributed by atoms with Crippen molar-refractivity contribution >= 4 is 17.3 Å². The van der Waals surface area contributed by atoms with Gasteiger partial charge in [0.15, 0.2) is 5.78 Å². The fourth-order valence-electron chi connectivity index (χ4n) is 7.39. The Morgan fingerprint density at radius 2 is 1.81 bits per heavy atom. The molecule has 4 nitrogen and oxygen atoms in total. The summed E-state index contributed by atoms with van der Waals surface area (Å²) >= 11 is 0. The van der Waals surface area contributed by atoms with Gasteiger partial charge in [0.2, 0.25) is 11.6 Å². The van der Waals surface area contributed by atoms with Crippen molar-refractivity contribution in [3.8, 4) is 0 Å². The number of Topliss-reactive ketones (excluding diaryl/α,β-unsaturated/α-hetero) is 2. The second kappa shape index (κ2) is 5.59. The summed E-state index contributed by atoms with van der Waals surface area (Å²) in [5, 5.41) is 11.2. The van der Waals surface area contributed by atoms with Gasteiger partial charge in [-0.25, -0.2) is 4.39 Å². The summed E-state index contributed by atoms with van der Waals surface area (Å²) in [6.45, 7) is 7.15. The molecule has 0 aromatic heterocycles. The number of allylic oxidation sites excluding steroid dienone is 1. The summed E-state index contributed by atoms with van der Waals surface area (Å²) in [7, 11) is 0. The third-order valence-electron chi connectivity index (χ3n) is 9.20. The van der Waals surface area contributed by atoms with Gasteiger partial charge < -0.3 is 5.11 Å². The monoisotopic (exact) mass is 376 g/mol. The lowest BCUT2D eigenvalue weighted by molar-refractivity contribution is -0.164. The lowest BCUT2D eigenvalue weighted by Crippen LogP contribution is -2.60. The van der Waals surface area contributed by atoms with E-state index in [1.165, 1.54) is 13.0 Å². The minimum Gasteiger partial charge on any atom is -0.382 e. The number of alkyl halides is 1. The lowest BCUT2D eigenvalue weighted by atomic mass is 9.44. The summed E-state index contributed by atoms with van der Waals surface area (Å²) in [4.78, 5) is 36.7. The predicted molar refractivity (Wildman–Crippen MR) is 97.6 cm³/mol. The first-order valence-corrected chi connectivity index (χ1v) is 10.2. The summed E-state index contributed by atoms with van der Waals surface area (Å²) in [6.07, 6.45) is 2.88. The van der Waals surface area contributed by atoms with Gasteiger partial charge in [-0.15, -0.1) is 0 Å². The molecule has 5 heteroatoms. The SMILES string of the molecule is CC(=O)[C@@]1(O)CC[C@H]2[C@@H]3CC(F)C4=CC(=O)C(=O)C(C)[C@]4(C)[C@H]3CC[C@@]21C. The van der Waals surface area contributed by atoms with Crippen LogP contribution in [-0.2, 0) is 14.4 Å². The Kier molecular flexibility index (Phi) is 3.93. The highest BCUT2D eigenvalue weighted by Crippen LogP contribution is 2.68. The fourth-order valence-corrected chi connectivity index (χ4v) is 7.39. The third-order valence-corrected chi connectivity index (χ3v) is 9.20. The summed E-state index contributed by atoms with van der Waals surface area (Å²) in [5.41, 5.74) is -2.06. The van der Waals surface area contributed by atoms with E-state index in [1.807, 2.05) is 13.8 Å². The van der Waals surface area contributed by atoms with Crippen LogP contribution in [0, 0.1) is 34.5 Å². The Morgan fingerprint density at radius 3 is 2.44 bits per heavy atom. The molecule has 4 aliphatic rings. The maximum absolute atomic E-state index is 15.3. The molecule has 27 heavy (non-hydrogen) atoms. The molecule has 3 saturated carbocycles. The van der Waals surface area contributed by atoms with Crippen molar-refractivity contribution in [1.29, 1.82) is 0 Å². The molecule has 148 valence electrons. The smallest absolute Gasteiger partial charge is 0.221 e. The van der Waals surface area contributed by atoms with Crippen molar-refractivity contribution in [3.05, 3.63) is 11.6 Å². The largest absolute Gasteiger partial charge is 0.382 e. The van der Waals surface area contributed by atoms with Crippen LogP contribution in [0.4, 0.5) is 4.39 Å². The molecule has 4 rings (SSSR count). The van der Waals surface area contributed by atoms with Crippen molar-refractivity contribution < 1.29 is 23.9 Å². The van der Waals surface area contributed by atoms with Crippen LogP contribution in [-0.4, -0.2) is 34.2 Å². The highest BCUT2D eigenvalue weighted by atomic mass is 19.1. The zero-order valence-electron chi connectivity index (χ0n) is 16.5. The molecule has 1 N–H and O–H groups in total. The van der Waals surface area contributed by atoms with Gasteiger partial charge in [-0.2, -0.15) is 0 Å².